The van der Waals surface area contributed by atoms with E-state index in [1.807, 2.05) is 67.0 Å². The van der Waals surface area contributed by atoms with E-state index < -0.39 is 0 Å². The van der Waals surface area contributed by atoms with Crippen LogP contribution >= 0.6 is 0 Å². The van der Waals surface area contributed by atoms with Gasteiger partial charge in [-0.05, 0) is 124 Å². The van der Waals surface area contributed by atoms with Gasteiger partial charge in [-0.2, -0.15) is 0 Å². The molecular weight excluding hydrogens is 1140 g/mol. The Morgan fingerprint density at radius 2 is 0.595 bits per heavy atom. The van der Waals surface area contributed by atoms with Gasteiger partial charge in [-0.25, -0.2) is 0 Å². The molecule has 0 aliphatic carbocycles. The predicted molar refractivity (Wildman–Crippen MR) is 322 cm³/mol. The van der Waals surface area contributed by atoms with E-state index in [0.29, 0.717) is 0 Å². The van der Waals surface area contributed by atoms with E-state index in [1.54, 1.807) is 0 Å². The third-order valence-electron chi connectivity index (χ3n) is 14.4. The molecule has 0 unspecified atom stereocenters. The molecule has 0 bridgehead atoms. The summed E-state index contributed by atoms with van der Waals surface area (Å²) in [6.45, 7) is 0. The maximum Gasteiger partial charge on any atom is 3.00 e. The van der Waals surface area contributed by atoms with E-state index in [0.717, 1.165) is 123 Å². The Morgan fingerprint density at radius 3 is 1.08 bits per heavy atom. The third kappa shape index (κ3) is 10.6. The maximum atomic E-state index is 5.26. The molecule has 0 N–H and O–H groups in total. The summed E-state index contributed by atoms with van der Waals surface area (Å²) < 4.78 is 0. The number of aromatic nitrogens is 3. The van der Waals surface area contributed by atoms with Crippen molar-refractivity contribution in [1.29, 1.82) is 0 Å². The monoisotopic (exact) mass is 1180 g/mol. The van der Waals surface area contributed by atoms with Gasteiger partial charge in [-0.15, -0.1) is 107 Å². The van der Waals surface area contributed by atoms with Gasteiger partial charge in [0.25, 0.3) is 0 Å². The average Bonchev–Trinajstić information content (AvgIpc) is 3.54. The second-order valence-electron chi connectivity index (χ2n) is 19.3. The molecule has 0 radical (unpaired) electrons. The summed E-state index contributed by atoms with van der Waals surface area (Å²) in [6.07, 6.45) is 6.01. The van der Waals surface area contributed by atoms with Crippen molar-refractivity contribution < 1.29 is 20.1 Å². The Bertz CT molecular complexity index is 4060. The molecule has 0 fully saturated rings. The number of rotatable bonds is 12. The predicted octanol–water partition coefficient (Wildman–Crippen LogP) is 19.3. The molecule has 3 nitrogen and oxygen atoms in total. The average molecular weight is 1180 g/mol. The fourth-order valence-electron chi connectivity index (χ4n) is 10.5. The summed E-state index contributed by atoms with van der Waals surface area (Å²) in [5, 5.41) is 0. The Balaban J connectivity index is 0.00000623. The van der Waals surface area contributed by atoms with Gasteiger partial charge >= 0.3 is 20.1 Å². The zero-order valence-corrected chi connectivity index (χ0v) is 45.3. The Kier molecular flexibility index (Phi) is 14.5. The second-order valence-corrected chi connectivity index (χ2v) is 19.3. The molecule has 0 atom stereocenters. The standard InChI is InChI=1S/C75H48N3.Ir/c1-5-20-52(21-6-1)53-36-38-54(39-37-53)58-28-19-29-59(44-58)75-48-71(55-22-7-2-8-23-55)72(51-78-75)70-35-18-17-34-69(70)64-46-62(67-32-15-13-30-65(67)60-40-42-73(76-49-60)56-24-9-3-10-25-56)45-63(47-64)68-33-16-14-31-66(68)61-41-43-74(77-50-61)57-26-11-4-12-27-57;/h1-24,26,28,30-51H;/q-3;+3. The van der Waals surface area contributed by atoms with Crippen molar-refractivity contribution in [3.63, 3.8) is 0 Å². The molecule has 3 heterocycles. The number of benzene rings is 10. The van der Waals surface area contributed by atoms with Crippen LogP contribution in [-0.4, -0.2) is 15.0 Å². The zero-order chi connectivity index (χ0) is 52.0. The first-order chi connectivity index (χ1) is 38.7. The minimum atomic E-state index is 0. The molecule has 0 spiro atoms. The van der Waals surface area contributed by atoms with Crippen molar-refractivity contribution in [2.24, 2.45) is 0 Å². The third-order valence-corrected chi connectivity index (χ3v) is 14.4. The summed E-state index contributed by atoms with van der Waals surface area (Å²) in [7, 11) is 0. The van der Waals surface area contributed by atoms with Crippen molar-refractivity contribution in [2.45, 2.75) is 0 Å². The second kappa shape index (κ2) is 22.9. The van der Waals surface area contributed by atoms with Crippen LogP contribution in [0.5, 0.6) is 0 Å². The van der Waals surface area contributed by atoms with Crippen LogP contribution in [0.15, 0.2) is 292 Å². The smallest absolute Gasteiger partial charge is 0.304 e. The normalized spacial score (nSPS) is 10.9. The van der Waals surface area contributed by atoms with Gasteiger partial charge in [0.15, 0.2) is 0 Å². The van der Waals surface area contributed by atoms with Crippen LogP contribution in [0.25, 0.3) is 134 Å². The molecule has 372 valence electrons. The van der Waals surface area contributed by atoms with Crippen molar-refractivity contribution in [3.8, 4) is 134 Å². The van der Waals surface area contributed by atoms with E-state index in [9.17, 15) is 0 Å². The molecule has 13 aromatic rings. The van der Waals surface area contributed by atoms with Gasteiger partial charge in [0.2, 0.25) is 0 Å². The largest absolute Gasteiger partial charge is 3.00 e. The Hall–Kier alpha value is -9.70. The summed E-state index contributed by atoms with van der Waals surface area (Å²) in [4.78, 5) is 15.2. The summed E-state index contributed by atoms with van der Waals surface area (Å²) in [5.74, 6) is 0. The van der Waals surface area contributed by atoms with Gasteiger partial charge in [-0.3, -0.25) is 0 Å². The minimum Gasteiger partial charge on any atom is -0.304 e. The molecule has 13 rings (SSSR count). The summed E-state index contributed by atoms with van der Waals surface area (Å²) in [6, 6.07) is 106. The first kappa shape index (κ1) is 50.1. The molecule has 0 saturated carbocycles. The van der Waals surface area contributed by atoms with Gasteiger partial charge in [0.05, 0.1) is 0 Å². The van der Waals surface area contributed by atoms with Crippen LogP contribution in [0.1, 0.15) is 0 Å². The van der Waals surface area contributed by atoms with E-state index in [-0.39, 0.29) is 20.1 Å². The van der Waals surface area contributed by atoms with E-state index in [4.69, 9.17) is 15.0 Å². The molecule has 0 aliphatic heterocycles. The molecule has 3 aromatic heterocycles. The SMILES string of the molecule is [Ir+3].[c-]1ccccc1-c1ccc(-c2ccccc2-c2cc(-c3ccccc3-c3ccc(-c4[c-]cccc4)nc3)cc(-c3ccccc3-c3cnc(-c4[c-]ccc(-c5ccc(-c6ccccc6)cc5)c4)cc3-c3ccccc3)c2)cn1. The van der Waals surface area contributed by atoms with Crippen LogP contribution < -0.4 is 0 Å². The first-order valence-corrected chi connectivity index (χ1v) is 26.2. The van der Waals surface area contributed by atoms with Crippen molar-refractivity contribution in [3.05, 3.63) is 310 Å². The summed E-state index contributed by atoms with van der Waals surface area (Å²) >= 11 is 0. The minimum absolute atomic E-state index is 0. The van der Waals surface area contributed by atoms with E-state index >= 15 is 0 Å². The molecule has 10 aromatic carbocycles. The number of nitrogens with zero attached hydrogens (tertiary/aromatic N) is 3. The van der Waals surface area contributed by atoms with Gasteiger partial charge in [0.1, 0.15) is 0 Å². The fraction of sp³-hybridized carbons (Fsp3) is 0. The van der Waals surface area contributed by atoms with E-state index in [2.05, 4.69) is 243 Å². The van der Waals surface area contributed by atoms with Gasteiger partial charge in [-0.1, -0.05) is 188 Å². The number of hydrogen-bond donors (Lipinski definition) is 0. The molecule has 0 amide bonds. The Morgan fingerprint density at radius 1 is 0.203 bits per heavy atom. The molecule has 4 heteroatoms. The van der Waals surface area contributed by atoms with Gasteiger partial charge in [0, 0.05) is 24.2 Å². The Labute approximate surface area is 475 Å². The van der Waals surface area contributed by atoms with Crippen molar-refractivity contribution in [1.82, 2.24) is 15.0 Å². The first-order valence-electron chi connectivity index (χ1n) is 26.2. The molecule has 79 heavy (non-hydrogen) atoms. The van der Waals surface area contributed by atoms with Crippen molar-refractivity contribution >= 4 is 0 Å². The zero-order valence-electron chi connectivity index (χ0n) is 42.9. The number of hydrogen-bond acceptors (Lipinski definition) is 3. The fourth-order valence-corrected chi connectivity index (χ4v) is 10.5. The molecule has 0 saturated heterocycles. The molecule has 0 aliphatic rings. The van der Waals surface area contributed by atoms with Crippen LogP contribution in [0.2, 0.25) is 0 Å². The van der Waals surface area contributed by atoms with Crippen LogP contribution in [0.4, 0.5) is 0 Å². The molecular formula is C75H48IrN3. The maximum absolute atomic E-state index is 5.26. The van der Waals surface area contributed by atoms with Crippen LogP contribution in [0.3, 0.4) is 0 Å². The van der Waals surface area contributed by atoms with Crippen LogP contribution in [-0.2, 0) is 20.1 Å². The summed E-state index contributed by atoms with van der Waals surface area (Å²) in [5.41, 5.74) is 25.2. The topological polar surface area (TPSA) is 38.7 Å². The number of pyridine rings is 3. The van der Waals surface area contributed by atoms with E-state index in [1.165, 1.54) is 11.1 Å². The van der Waals surface area contributed by atoms with Gasteiger partial charge < -0.3 is 15.0 Å². The quantitative estimate of drug-likeness (QED) is 0.114. The van der Waals surface area contributed by atoms with Crippen molar-refractivity contribution in [2.75, 3.05) is 0 Å². The van der Waals surface area contributed by atoms with Crippen LogP contribution in [0, 0.1) is 18.2 Å².